The van der Waals surface area contributed by atoms with Gasteiger partial charge in [0.25, 0.3) is 5.91 Å². The lowest BCUT2D eigenvalue weighted by Gasteiger charge is -2.29. The highest BCUT2D eigenvalue weighted by molar-refractivity contribution is 5.99. The standard InChI is InChI=1S/C31H34F2N8O2/c1-18(40-15-27(33)35-17-40)16-43-26-5-3-4-20-10-25(41(28(20)26)13-19-6-7-19)30-37-24-11-22-23(36-29(24)38(30)2)8-9-39(31(22)42)14-21(34)12-32/h3-5,10-11,15,17-19,21H,6-9,12-14,16,34H2,1-2H3. The SMILES string of the molecule is CC(COc1cccc2cc(-c3nc4cc5c(nc4n3C)CCN(CC(N)CF)C5=O)n(CC3CC3)c12)n1cnc(F)c1. The molecule has 2 atom stereocenters. The lowest BCUT2D eigenvalue weighted by molar-refractivity contribution is 0.0723. The monoisotopic (exact) mass is 588 g/mol. The van der Waals surface area contributed by atoms with Gasteiger partial charge in [-0.2, -0.15) is 4.39 Å². The van der Waals surface area contributed by atoms with E-state index < -0.39 is 18.7 Å². The van der Waals surface area contributed by atoms with Crippen LogP contribution in [0, 0.1) is 11.9 Å². The maximum atomic E-state index is 13.5. The van der Waals surface area contributed by atoms with Gasteiger partial charge in [-0.3, -0.25) is 4.79 Å². The Morgan fingerprint density at radius 2 is 2.05 bits per heavy atom. The third-order valence-electron chi connectivity index (χ3n) is 8.52. The number of fused-ring (bicyclic) bond motifs is 3. The number of para-hydroxylation sites is 1. The molecular formula is C31H34F2N8O2. The van der Waals surface area contributed by atoms with E-state index in [1.807, 2.05) is 30.7 Å². The average molecular weight is 589 g/mol. The van der Waals surface area contributed by atoms with Gasteiger partial charge < -0.3 is 29.1 Å². The molecule has 0 bridgehead atoms. The second-order valence-electron chi connectivity index (χ2n) is 11.8. The third-order valence-corrected chi connectivity index (χ3v) is 8.52. The van der Waals surface area contributed by atoms with Gasteiger partial charge in [-0.1, -0.05) is 12.1 Å². The van der Waals surface area contributed by atoms with Gasteiger partial charge in [0, 0.05) is 38.5 Å². The number of amides is 1. The Morgan fingerprint density at radius 1 is 1.21 bits per heavy atom. The number of rotatable bonds is 10. The van der Waals surface area contributed by atoms with E-state index in [-0.39, 0.29) is 18.5 Å². The minimum atomic E-state index is -0.706. The van der Waals surface area contributed by atoms with Crippen LogP contribution in [0.3, 0.4) is 0 Å². The first-order valence-electron chi connectivity index (χ1n) is 14.7. The molecule has 2 aliphatic rings. The van der Waals surface area contributed by atoms with Crippen LogP contribution in [-0.4, -0.2) is 71.9 Å². The molecule has 1 aromatic carbocycles. The fourth-order valence-electron chi connectivity index (χ4n) is 5.96. The van der Waals surface area contributed by atoms with E-state index in [0.29, 0.717) is 42.2 Å². The Labute approximate surface area is 247 Å². The van der Waals surface area contributed by atoms with Crippen molar-refractivity contribution in [3.63, 3.8) is 0 Å². The second-order valence-corrected chi connectivity index (χ2v) is 11.8. The summed E-state index contributed by atoms with van der Waals surface area (Å²) in [5.74, 6) is 1.37. The van der Waals surface area contributed by atoms with Gasteiger partial charge in [0.15, 0.2) is 11.5 Å². The summed E-state index contributed by atoms with van der Waals surface area (Å²) < 4.78 is 38.8. The van der Waals surface area contributed by atoms with E-state index >= 15 is 0 Å². The quantitative estimate of drug-likeness (QED) is 0.261. The van der Waals surface area contributed by atoms with Crippen molar-refractivity contribution >= 4 is 28.0 Å². The average Bonchev–Trinajstić information content (AvgIpc) is 3.46. The molecule has 7 rings (SSSR count). The van der Waals surface area contributed by atoms with Crippen LogP contribution in [0.5, 0.6) is 5.75 Å². The van der Waals surface area contributed by atoms with Crippen molar-refractivity contribution in [2.45, 2.75) is 44.8 Å². The van der Waals surface area contributed by atoms with Gasteiger partial charge in [-0.15, -0.1) is 0 Å². The molecule has 1 fully saturated rings. The normalized spacial score (nSPS) is 16.7. The van der Waals surface area contributed by atoms with Gasteiger partial charge in [0.05, 0.1) is 47.1 Å². The van der Waals surface area contributed by atoms with Gasteiger partial charge >= 0.3 is 0 Å². The molecule has 0 saturated heterocycles. The number of pyridine rings is 1. The van der Waals surface area contributed by atoms with Gasteiger partial charge in [0.2, 0.25) is 5.95 Å². The Balaban J connectivity index is 1.27. The molecule has 5 heterocycles. The smallest absolute Gasteiger partial charge is 0.255 e. The first-order chi connectivity index (χ1) is 20.8. The summed E-state index contributed by atoms with van der Waals surface area (Å²) in [7, 11) is 1.95. The molecule has 1 saturated carbocycles. The van der Waals surface area contributed by atoms with Crippen molar-refractivity contribution in [3.05, 3.63) is 60.1 Å². The van der Waals surface area contributed by atoms with E-state index in [9.17, 15) is 13.6 Å². The zero-order valence-electron chi connectivity index (χ0n) is 24.2. The summed E-state index contributed by atoms with van der Waals surface area (Å²) in [5.41, 5.74) is 10.3. The number of hydrogen-bond acceptors (Lipinski definition) is 6. The second kappa shape index (κ2) is 10.7. The Morgan fingerprint density at radius 3 is 2.79 bits per heavy atom. The summed E-state index contributed by atoms with van der Waals surface area (Å²) in [6.45, 7) is 3.09. The zero-order valence-corrected chi connectivity index (χ0v) is 24.2. The highest BCUT2D eigenvalue weighted by Crippen LogP contribution is 2.39. The van der Waals surface area contributed by atoms with E-state index in [1.165, 1.54) is 25.4 Å². The number of halogens is 2. The molecule has 10 nitrogen and oxygen atoms in total. The van der Waals surface area contributed by atoms with Crippen LogP contribution in [-0.2, 0) is 20.0 Å². The van der Waals surface area contributed by atoms with E-state index in [4.69, 9.17) is 20.4 Å². The lowest BCUT2D eigenvalue weighted by Crippen LogP contribution is -2.45. The summed E-state index contributed by atoms with van der Waals surface area (Å²) in [5, 5.41) is 1.03. The van der Waals surface area contributed by atoms with Crippen LogP contribution in [0.25, 0.3) is 33.6 Å². The third kappa shape index (κ3) is 5.03. The summed E-state index contributed by atoms with van der Waals surface area (Å²) in [6.07, 6.45) is 5.76. The van der Waals surface area contributed by atoms with Crippen LogP contribution in [0.4, 0.5) is 8.78 Å². The molecule has 224 valence electrons. The highest BCUT2D eigenvalue weighted by atomic mass is 19.1. The van der Waals surface area contributed by atoms with Gasteiger partial charge in [-0.25, -0.2) is 19.3 Å². The molecule has 12 heteroatoms. The number of carbonyl (C=O) groups excluding carboxylic acids is 1. The number of carbonyl (C=O) groups is 1. The van der Waals surface area contributed by atoms with Crippen molar-refractivity contribution in [3.8, 4) is 17.3 Å². The molecule has 5 aromatic rings. The Bertz CT molecular complexity index is 1840. The number of nitrogens with zero attached hydrogens (tertiary/aromatic N) is 7. The number of imidazole rings is 2. The van der Waals surface area contributed by atoms with E-state index in [0.717, 1.165) is 40.4 Å². The maximum Gasteiger partial charge on any atom is 0.255 e. The van der Waals surface area contributed by atoms with E-state index in [2.05, 4.69) is 21.7 Å². The molecule has 43 heavy (non-hydrogen) atoms. The molecule has 2 unspecified atom stereocenters. The number of aryl methyl sites for hydroxylation is 1. The molecule has 1 aliphatic heterocycles. The number of nitrogens with two attached hydrogens (primary N) is 1. The first kappa shape index (κ1) is 27.5. The number of benzene rings is 1. The molecule has 0 spiro atoms. The number of hydrogen-bond donors (Lipinski definition) is 1. The predicted octanol–water partition coefficient (Wildman–Crippen LogP) is 4.27. The summed E-state index contributed by atoms with van der Waals surface area (Å²) in [4.78, 5) is 28.4. The van der Waals surface area contributed by atoms with Gasteiger partial charge in [0.1, 0.15) is 24.5 Å². The van der Waals surface area contributed by atoms with Crippen LogP contribution in [0.15, 0.2) is 42.9 Å². The summed E-state index contributed by atoms with van der Waals surface area (Å²) >= 11 is 0. The molecule has 4 aromatic heterocycles. The molecule has 1 aliphatic carbocycles. The van der Waals surface area contributed by atoms with Gasteiger partial charge in [-0.05, 0) is 43.9 Å². The van der Waals surface area contributed by atoms with Crippen LogP contribution >= 0.6 is 0 Å². The van der Waals surface area contributed by atoms with Crippen LogP contribution in [0.1, 0.15) is 41.9 Å². The first-order valence-corrected chi connectivity index (χ1v) is 14.7. The minimum absolute atomic E-state index is 0.109. The topological polar surface area (TPSA) is 109 Å². The minimum Gasteiger partial charge on any atom is -0.489 e. The number of alkyl halides is 1. The lowest BCUT2D eigenvalue weighted by atomic mass is 10.0. The molecule has 2 N–H and O–H groups in total. The number of aromatic nitrogens is 6. The molecule has 0 radical (unpaired) electrons. The van der Waals surface area contributed by atoms with Crippen LogP contribution in [0.2, 0.25) is 0 Å². The maximum absolute atomic E-state index is 13.5. The summed E-state index contributed by atoms with van der Waals surface area (Å²) in [6, 6.07) is 9.13. The van der Waals surface area contributed by atoms with Crippen molar-refractivity contribution in [1.29, 1.82) is 0 Å². The van der Waals surface area contributed by atoms with Crippen molar-refractivity contribution < 1.29 is 18.3 Å². The molecule has 1 amide bonds. The van der Waals surface area contributed by atoms with E-state index in [1.54, 1.807) is 15.5 Å². The highest BCUT2D eigenvalue weighted by Gasteiger charge is 2.30. The van der Waals surface area contributed by atoms with Crippen LogP contribution < -0.4 is 10.5 Å². The zero-order chi connectivity index (χ0) is 29.8. The van der Waals surface area contributed by atoms with Crippen molar-refractivity contribution in [2.75, 3.05) is 26.4 Å². The fourth-order valence-corrected chi connectivity index (χ4v) is 5.96. The van der Waals surface area contributed by atoms with Crippen molar-refractivity contribution in [1.82, 2.24) is 33.6 Å². The molecular weight excluding hydrogens is 554 g/mol. The Kier molecular flexibility index (Phi) is 6.88. The van der Waals surface area contributed by atoms with Crippen molar-refractivity contribution in [2.24, 2.45) is 18.7 Å². The fraction of sp³-hybridized carbons (Fsp3) is 0.419. The Hall–Kier alpha value is -4.32. The predicted molar refractivity (Wildman–Crippen MR) is 158 cm³/mol. The largest absolute Gasteiger partial charge is 0.489 e. The number of ether oxygens (including phenoxy) is 1.